The van der Waals surface area contributed by atoms with Crippen LogP contribution in [0.4, 0.5) is 24.5 Å². The predicted molar refractivity (Wildman–Crippen MR) is 154 cm³/mol. The maximum absolute atomic E-state index is 13.4. The lowest BCUT2D eigenvalue weighted by atomic mass is 10.1. The van der Waals surface area contributed by atoms with Crippen LogP contribution >= 0.6 is 0 Å². The SMILES string of the molecule is Cc1cc2nc(/C(C#N)=C/c3ccc(OCC(=O)Nc4cc(C(F)(F)F)ccc4N4CCOCC4)cc3)[nH]c2cc1C. The van der Waals surface area contributed by atoms with Crippen LogP contribution in [0.5, 0.6) is 5.75 Å². The molecule has 4 aromatic rings. The first-order valence-electron chi connectivity index (χ1n) is 13.3. The number of hydrogen-bond acceptors (Lipinski definition) is 6. The lowest BCUT2D eigenvalue weighted by Gasteiger charge is -2.31. The summed E-state index contributed by atoms with van der Waals surface area (Å²) in [6.45, 7) is 5.48. The number of carbonyl (C=O) groups is 1. The van der Waals surface area contributed by atoms with Gasteiger partial charge in [-0.25, -0.2) is 4.98 Å². The van der Waals surface area contributed by atoms with Crippen molar-refractivity contribution >= 4 is 40.0 Å². The number of alkyl halides is 3. The number of nitrogens with one attached hydrogen (secondary N) is 2. The van der Waals surface area contributed by atoms with E-state index in [0.29, 0.717) is 49.1 Å². The largest absolute Gasteiger partial charge is 0.484 e. The van der Waals surface area contributed by atoms with E-state index in [2.05, 4.69) is 21.4 Å². The molecule has 1 fully saturated rings. The van der Waals surface area contributed by atoms with Gasteiger partial charge >= 0.3 is 6.18 Å². The second kappa shape index (κ2) is 12.0. The summed E-state index contributed by atoms with van der Waals surface area (Å²) in [5, 5.41) is 12.3. The molecular weight excluding hydrogens is 547 g/mol. The van der Waals surface area contributed by atoms with Gasteiger partial charge in [0.05, 0.1) is 46.8 Å². The van der Waals surface area contributed by atoms with Gasteiger partial charge in [0.1, 0.15) is 17.6 Å². The van der Waals surface area contributed by atoms with Crippen molar-refractivity contribution in [3.8, 4) is 11.8 Å². The Morgan fingerprint density at radius 3 is 2.52 bits per heavy atom. The summed E-state index contributed by atoms with van der Waals surface area (Å²) in [5.41, 5.74) is 4.61. The molecule has 11 heteroatoms. The number of nitrogens with zero attached hydrogens (tertiary/aromatic N) is 3. The lowest BCUT2D eigenvalue weighted by molar-refractivity contribution is -0.137. The van der Waals surface area contributed by atoms with Gasteiger partial charge in [0, 0.05) is 13.1 Å². The van der Waals surface area contributed by atoms with E-state index >= 15 is 0 Å². The number of aryl methyl sites for hydroxylation is 2. The third-order valence-electron chi connectivity index (χ3n) is 6.98. The average Bonchev–Trinajstić information content (AvgIpc) is 3.38. The minimum Gasteiger partial charge on any atom is -0.484 e. The van der Waals surface area contributed by atoms with E-state index in [4.69, 9.17) is 9.47 Å². The number of amides is 1. The van der Waals surface area contributed by atoms with Gasteiger partial charge in [-0.1, -0.05) is 12.1 Å². The summed E-state index contributed by atoms with van der Waals surface area (Å²) in [4.78, 5) is 22.3. The van der Waals surface area contributed by atoms with E-state index in [9.17, 15) is 23.2 Å². The molecule has 0 aliphatic carbocycles. The second-order valence-electron chi connectivity index (χ2n) is 9.94. The van der Waals surface area contributed by atoms with Crippen LogP contribution in [0.25, 0.3) is 22.7 Å². The molecule has 0 spiro atoms. The van der Waals surface area contributed by atoms with Crippen LogP contribution in [0.15, 0.2) is 54.6 Å². The molecule has 1 aliphatic heterocycles. The summed E-state index contributed by atoms with van der Waals surface area (Å²) < 4.78 is 51.0. The van der Waals surface area contributed by atoms with E-state index in [-0.39, 0.29) is 5.69 Å². The molecule has 5 rings (SSSR count). The van der Waals surface area contributed by atoms with Crippen LogP contribution in [0.1, 0.15) is 28.1 Å². The summed E-state index contributed by atoms with van der Waals surface area (Å²) >= 11 is 0. The molecule has 0 atom stereocenters. The highest BCUT2D eigenvalue weighted by molar-refractivity contribution is 5.95. The van der Waals surface area contributed by atoms with Crippen molar-refractivity contribution in [3.05, 3.63) is 82.7 Å². The number of anilines is 2. The van der Waals surface area contributed by atoms with Crippen LogP contribution in [0.3, 0.4) is 0 Å². The Morgan fingerprint density at radius 1 is 1.12 bits per heavy atom. The standard InChI is InChI=1S/C31H28F3N5O3/c1-19-13-25-26(14-20(19)2)38-30(37-25)22(17-35)15-21-3-6-24(7-4-21)42-18-29(40)36-27-16-23(31(32,33)34)5-8-28(27)39-9-11-41-12-10-39/h3-8,13-16H,9-12,18H2,1-2H3,(H,36,40)(H,37,38)/b22-15+. The highest BCUT2D eigenvalue weighted by Gasteiger charge is 2.32. The maximum atomic E-state index is 13.4. The van der Waals surface area contributed by atoms with E-state index in [1.807, 2.05) is 30.9 Å². The number of nitriles is 1. The molecule has 1 aromatic heterocycles. The molecule has 8 nitrogen and oxygen atoms in total. The fourth-order valence-corrected chi connectivity index (χ4v) is 4.61. The molecule has 1 amide bonds. The van der Waals surface area contributed by atoms with E-state index in [0.717, 1.165) is 39.9 Å². The normalized spacial score (nSPS) is 14.1. The number of fused-ring (bicyclic) bond motifs is 1. The lowest BCUT2D eigenvalue weighted by Crippen LogP contribution is -2.37. The second-order valence-corrected chi connectivity index (χ2v) is 9.94. The van der Waals surface area contributed by atoms with Crippen molar-refractivity contribution in [1.29, 1.82) is 5.26 Å². The Kier molecular flexibility index (Phi) is 8.17. The number of H-pyrrole nitrogens is 1. The first kappa shape index (κ1) is 28.7. The van der Waals surface area contributed by atoms with Crippen molar-refractivity contribution in [2.75, 3.05) is 43.1 Å². The van der Waals surface area contributed by atoms with E-state index < -0.39 is 24.3 Å². The number of allylic oxidation sites excluding steroid dienone is 1. The monoisotopic (exact) mass is 575 g/mol. The van der Waals surface area contributed by atoms with Gasteiger partial charge in [-0.05, 0) is 79.1 Å². The third kappa shape index (κ3) is 6.56. The quantitative estimate of drug-likeness (QED) is 0.258. The molecule has 2 heterocycles. The molecule has 1 saturated heterocycles. The Balaban J connectivity index is 1.26. The molecule has 216 valence electrons. The molecule has 0 saturated carbocycles. The Morgan fingerprint density at radius 2 is 1.83 bits per heavy atom. The van der Waals surface area contributed by atoms with Gasteiger partial charge in [0.15, 0.2) is 6.61 Å². The molecule has 0 radical (unpaired) electrons. The van der Waals surface area contributed by atoms with Crippen molar-refractivity contribution in [2.45, 2.75) is 20.0 Å². The fourth-order valence-electron chi connectivity index (χ4n) is 4.61. The minimum atomic E-state index is -4.55. The van der Waals surface area contributed by atoms with Crippen molar-refractivity contribution < 1.29 is 27.4 Å². The smallest absolute Gasteiger partial charge is 0.416 e. The van der Waals surface area contributed by atoms with Gasteiger partial charge in [-0.2, -0.15) is 18.4 Å². The third-order valence-corrected chi connectivity index (χ3v) is 6.98. The molecule has 0 unspecified atom stereocenters. The fraction of sp³-hybridized carbons (Fsp3) is 0.258. The highest BCUT2D eigenvalue weighted by atomic mass is 19.4. The number of aromatic amines is 1. The van der Waals surface area contributed by atoms with Crippen molar-refractivity contribution in [1.82, 2.24) is 9.97 Å². The van der Waals surface area contributed by atoms with Crippen LogP contribution in [-0.2, 0) is 15.7 Å². The summed E-state index contributed by atoms with van der Waals surface area (Å²) in [6.07, 6.45) is -2.86. The highest BCUT2D eigenvalue weighted by Crippen LogP contribution is 2.36. The van der Waals surface area contributed by atoms with Gasteiger partial charge in [-0.3, -0.25) is 4.79 Å². The summed E-state index contributed by atoms with van der Waals surface area (Å²) in [5.74, 6) is 0.239. The Hall–Kier alpha value is -4.82. The first-order chi connectivity index (χ1) is 20.1. The topological polar surface area (TPSA) is 103 Å². The van der Waals surface area contributed by atoms with Crippen LogP contribution < -0.4 is 15.0 Å². The maximum Gasteiger partial charge on any atom is 0.416 e. The number of imidazole rings is 1. The number of hydrogen-bond donors (Lipinski definition) is 2. The van der Waals surface area contributed by atoms with Gasteiger partial charge in [0.25, 0.3) is 5.91 Å². The zero-order chi connectivity index (χ0) is 29.9. The van der Waals surface area contributed by atoms with E-state index in [1.165, 1.54) is 6.07 Å². The van der Waals surface area contributed by atoms with Gasteiger partial charge < -0.3 is 24.7 Å². The molecule has 0 bridgehead atoms. The Bertz CT molecular complexity index is 1640. The van der Waals surface area contributed by atoms with Crippen molar-refractivity contribution in [3.63, 3.8) is 0 Å². The number of aromatic nitrogens is 2. The van der Waals surface area contributed by atoms with Crippen molar-refractivity contribution in [2.24, 2.45) is 0 Å². The van der Waals surface area contributed by atoms with E-state index in [1.54, 1.807) is 30.3 Å². The number of benzene rings is 3. The van der Waals surface area contributed by atoms with Gasteiger partial charge in [-0.15, -0.1) is 0 Å². The number of rotatable bonds is 7. The number of ether oxygens (including phenoxy) is 2. The Labute approximate surface area is 240 Å². The average molecular weight is 576 g/mol. The van der Waals surface area contributed by atoms with Gasteiger partial charge in [0.2, 0.25) is 0 Å². The molecule has 3 aromatic carbocycles. The number of halogens is 3. The predicted octanol–water partition coefficient (Wildman–Crippen LogP) is 6.12. The molecule has 1 aliphatic rings. The molecular formula is C31H28F3N5O3. The van der Waals surface area contributed by atoms with Crippen LogP contribution in [0, 0.1) is 25.2 Å². The molecule has 2 N–H and O–H groups in total. The summed E-state index contributed by atoms with van der Waals surface area (Å²) in [7, 11) is 0. The zero-order valence-corrected chi connectivity index (χ0v) is 23.0. The number of carbonyl (C=O) groups excluding carboxylic acids is 1. The first-order valence-corrected chi connectivity index (χ1v) is 13.3. The number of morpholine rings is 1. The zero-order valence-electron chi connectivity index (χ0n) is 23.0. The minimum absolute atomic E-state index is 0.0563. The van der Waals surface area contributed by atoms with Crippen LogP contribution in [0.2, 0.25) is 0 Å². The summed E-state index contributed by atoms with van der Waals surface area (Å²) in [6, 6.07) is 16.2. The van der Waals surface area contributed by atoms with Crippen LogP contribution in [-0.4, -0.2) is 48.8 Å². The molecule has 42 heavy (non-hydrogen) atoms.